The number of carbonyl (C=O) groups excluding carboxylic acids is 1. The van der Waals surface area contributed by atoms with Crippen LogP contribution in [-0.4, -0.2) is 18.1 Å². The summed E-state index contributed by atoms with van der Waals surface area (Å²) in [6.45, 7) is 0. The number of benzene rings is 1. The lowest BCUT2D eigenvalue weighted by atomic mass is 10.1. The van der Waals surface area contributed by atoms with Crippen LogP contribution in [0.15, 0.2) is 30.5 Å². The van der Waals surface area contributed by atoms with Crippen LogP contribution in [0.4, 0.5) is 0 Å². The molecular formula is C11H8ClNO2. The van der Waals surface area contributed by atoms with Crippen LogP contribution in [0.2, 0.25) is 5.15 Å². The second kappa shape index (κ2) is 3.87. The SMILES string of the molecule is COC(=O)c1cnc(Cl)c2ccccc12. The number of rotatable bonds is 1. The van der Waals surface area contributed by atoms with E-state index in [2.05, 4.69) is 9.72 Å². The number of methoxy groups -OCH3 is 1. The molecule has 0 bridgehead atoms. The standard InChI is InChI=1S/C11H8ClNO2/c1-15-11(14)9-6-13-10(12)8-5-3-2-4-7(8)9/h2-6H,1H3. The second-order valence-electron chi connectivity index (χ2n) is 3.00. The Bertz CT molecular complexity index is 525. The summed E-state index contributed by atoms with van der Waals surface area (Å²) in [5, 5.41) is 1.89. The molecule has 3 nitrogen and oxygen atoms in total. The van der Waals surface area contributed by atoms with Crippen molar-refractivity contribution in [2.24, 2.45) is 0 Å². The van der Waals surface area contributed by atoms with Crippen molar-refractivity contribution in [1.82, 2.24) is 4.98 Å². The van der Waals surface area contributed by atoms with Crippen LogP contribution in [0, 0.1) is 0 Å². The molecule has 0 saturated heterocycles. The van der Waals surface area contributed by atoms with E-state index in [0.29, 0.717) is 10.7 Å². The number of aromatic nitrogens is 1. The first-order valence-electron chi connectivity index (χ1n) is 4.35. The van der Waals surface area contributed by atoms with E-state index in [-0.39, 0.29) is 0 Å². The van der Waals surface area contributed by atoms with E-state index in [9.17, 15) is 4.79 Å². The monoisotopic (exact) mass is 221 g/mol. The van der Waals surface area contributed by atoms with Crippen molar-refractivity contribution < 1.29 is 9.53 Å². The first-order valence-corrected chi connectivity index (χ1v) is 4.73. The van der Waals surface area contributed by atoms with E-state index < -0.39 is 5.97 Å². The van der Waals surface area contributed by atoms with E-state index in [1.165, 1.54) is 13.3 Å². The molecule has 0 saturated carbocycles. The molecule has 0 spiro atoms. The van der Waals surface area contributed by atoms with Gasteiger partial charge in [-0.2, -0.15) is 0 Å². The molecule has 2 rings (SSSR count). The van der Waals surface area contributed by atoms with Gasteiger partial charge >= 0.3 is 5.97 Å². The fourth-order valence-corrected chi connectivity index (χ4v) is 1.64. The number of hydrogen-bond donors (Lipinski definition) is 0. The van der Waals surface area contributed by atoms with Crippen LogP contribution in [0.1, 0.15) is 10.4 Å². The third-order valence-electron chi connectivity index (χ3n) is 2.15. The molecule has 0 aliphatic rings. The summed E-state index contributed by atoms with van der Waals surface area (Å²) in [5.41, 5.74) is 0.428. The predicted molar refractivity (Wildman–Crippen MR) is 58.1 cm³/mol. The highest BCUT2D eigenvalue weighted by atomic mass is 35.5. The Morgan fingerprint density at radius 2 is 2.00 bits per heavy atom. The van der Waals surface area contributed by atoms with Crippen molar-refractivity contribution in [2.45, 2.75) is 0 Å². The summed E-state index contributed by atoms with van der Waals surface area (Å²) in [4.78, 5) is 15.4. The van der Waals surface area contributed by atoms with Crippen molar-refractivity contribution in [3.63, 3.8) is 0 Å². The number of fused-ring (bicyclic) bond motifs is 1. The maximum atomic E-state index is 11.4. The largest absolute Gasteiger partial charge is 0.465 e. The number of pyridine rings is 1. The Balaban J connectivity index is 2.77. The van der Waals surface area contributed by atoms with Gasteiger partial charge in [0, 0.05) is 17.0 Å². The van der Waals surface area contributed by atoms with Gasteiger partial charge < -0.3 is 4.74 Å². The van der Waals surface area contributed by atoms with Crippen LogP contribution in [0.5, 0.6) is 0 Å². The molecule has 0 aliphatic heterocycles. The molecule has 0 N–H and O–H groups in total. The highest BCUT2D eigenvalue weighted by Gasteiger charge is 2.12. The van der Waals surface area contributed by atoms with Crippen molar-refractivity contribution in [2.75, 3.05) is 7.11 Å². The molecule has 0 atom stereocenters. The van der Waals surface area contributed by atoms with Gasteiger partial charge in [0.1, 0.15) is 5.15 Å². The van der Waals surface area contributed by atoms with E-state index >= 15 is 0 Å². The van der Waals surface area contributed by atoms with Gasteiger partial charge in [-0.3, -0.25) is 0 Å². The zero-order valence-corrected chi connectivity index (χ0v) is 8.78. The van der Waals surface area contributed by atoms with E-state index in [1.54, 1.807) is 0 Å². The Kier molecular flexibility index (Phi) is 2.56. The molecule has 4 heteroatoms. The summed E-state index contributed by atoms with van der Waals surface area (Å²) in [6.07, 6.45) is 1.43. The van der Waals surface area contributed by atoms with E-state index in [1.807, 2.05) is 24.3 Å². The fourth-order valence-electron chi connectivity index (χ4n) is 1.43. The number of hydrogen-bond acceptors (Lipinski definition) is 3. The van der Waals surface area contributed by atoms with Crippen molar-refractivity contribution >= 4 is 28.3 Å². The number of esters is 1. The minimum absolute atomic E-state index is 0.387. The minimum atomic E-state index is -0.407. The number of carbonyl (C=O) groups is 1. The third kappa shape index (κ3) is 1.66. The predicted octanol–water partition coefficient (Wildman–Crippen LogP) is 2.67. The highest BCUT2D eigenvalue weighted by Crippen LogP contribution is 2.24. The maximum absolute atomic E-state index is 11.4. The van der Waals surface area contributed by atoms with Gasteiger partial charge in [-0.1, -0.05) is 35.9 Å². The zero-order valence-electron chi connectivity index (χ0n) is 8.03. The first kappa shape index (κ1) is 9.93. The van der Waals surface area contributed by atoms with Crippen molar-refractivity contribution in [3.05, 3.63) is 41.2 Å². The van der Waals surface area contributed by atoms with Crippen LogP contribution in [-0.2, 0) is 4.74 Å². The molecule has 0 aliphatic carbocycles. The van der Waals surface area contributed by atoms with Gasteiger partial charge in [0.15, 0.2) is 0 Å². The Hall–Kier alpha value is -1.61. The molecular weight excluding hydrogens is 214 g/mol. The van der Waals surface area contributed by atoms with Gasteiger partial charge in [-0.15, -0.1) is 0 Å². The average Bonchev–Trinajstić information content (AvgIpc) is 2.29. The fraction of sp³-hybridized carbons (Fsp3) is 0.0909. The number of halogens is 1. The Morgan fingerprint density at radius 3 is 2.67 bits per heavy atom. The molecule has 0 radical (unpaired) electrons. The van der Waals surface area contributed by atoms with Crippen LogP contribution in [0.25, 0.3) is 10.8 Å². The molecule has 0 fully saturated rings. The molecule has 76 valence electrons. The maximum Gasteiger partial charge on any atom is 0.340 e. The molecule has 1 aromatic heterocycles. The van der Waals surface area contributed by atoms with Gasteiger partial charge in [0.05, 0.1) is 12.7 Å². The summed E-state index contributed by atoms with van der Waals surface area (Å²) in [6, 6.07) is 7.31. The van der Waals surface area contributed by atoms with Gasteiger partial charge in [-0.25, -0.2) is 9.78 Å². The zero-order chi connectivity index (χ0) is 10.8. The van der Waals surface area contributed by atoms with Gasteiger partial charge in [-0.05, 0) is 0 Å². The smallest absolute Gasteiger partial charge is 0.340 e. The normalized spacial score (nSPS) is 10.3. The van der Waals surface area contributed by atoms with Crippen LogP contribution in [0.3, 0.4) is 0 Å². The van der Waals surface area contributed by atoms with E-state index in [4.69, 9.17) is 11.6 Å². The second-order valence-corrected chi connectivity index (χ2v) is 3.36. The topological polar surface area (TPSA) is 39.2 Å². The van der Waals surface area contributed by atoms with Gasteiger partial charge in [0.25, 0.3) is 0 Å². The number of ether oxygens (including phenoxy) is 1. The lowest BCUT2D eigenvalue weighted by Gasteiger charge is -2.04. The molecule has 0 amide bonds. The van der Waals surface area contributed by atoms with Crippen LogP contribution < -0.4 is 0 Å². The van der Waals surface area contributed by atoms with Crippen molar-refractivity contribution in [3.8, 4) is 0 Å². The third-order valence-corrected chi connectivity index (χ3v) is 2.45. The summed E-state index contributed by atoms with van der Waals surface area (Å²) in [7, 11) is 1.34. The average molecular weight is 222 g/mol. The lowest BCUT2D eigenvalue weighted by Crippen LogP contribution is -2.02. The first-order chi connectivity index (χ1) is 7.24. The summed E-state index contributed by atoms with van der Waals surface area (Å²) in [5.74, 6) is -0.407. The molecule has 2 aromatic rings. The Morgan fingerprint density at radius 1 is 1.33 bits per heavy atom. The molecule has 1 aromatic carbocycles. The highest BCUT2D eigenvalue weighted by molar-refractivity contribution is 6.34. The summed E-state index contributed by atoms with van der Waals surface area (Å²) >= 11 is 5.91. The van der Waals surface area contributed by atoms with Crippen LogP contribution >= 0.6 is 11.6 Å². The molecule has 1 heterocycles. The van der Waals surface area contributed by atoms with Crippen molar-refractivity contribution in [1.29, 1.82) is 0 Å². The molecule has 15 heavy (non-hydrogen) atoms. The summed E-state index contributed by atoms with van der Waals surface area (Å²) < 4.78 is 4.66. The Labute approximate surface area is 91.6 Å². The molecule has 0 unspecified atom stereocenters. The quantitative estimate of drug-likeness (QED) is 0.549. The van der Waals surface area contributed by atoms with Gasteiger partial charge in [0.2, 0.25) is 0 Å². The lowest BCUT2D eigenvalue weighted by molar-refractivity contribution is 0.0602. The number of nitrogens with zero attached hydrogens (tertiary/aromatic N) is 1. The minimum Gasteiger partial charge on any atom is -0.465 e. The van der Waals surface area contributed by atoms with E-state index in [0.717, 1.165) is 10.8 Å².